The van der Waals surface area contributed by atoms with Gasteiger partial charge in [0.15, 0.2) is 11.9 Å². The van der Waals surface area contributed by atoms with E-state index < -0.39 is 18.1 Å². The van der Waals surface area contributed by atoms with Crippen LogP contribution in [-0.2, 0) is 9.47 Å². The summed E-state index contributed by atoms with van der Waals surface area (Å²) < 4.78 is 25.1. The van der Waals surface area contributed by atoms with Gasteiger partial charge in [-0.05, 0) is 52.9 Å². The van der Waals surface area contributed by atoms with Crippen LogP contribution in [0.2, 0.25) is 0 Å². The maximum atomic E-state index is 14.4. The van der Waals surface area contributed by atoms with Crippen LogP contribution in [0.3, 0.4) is 0 Å². The molecule has 0 bridgehead atoms. The van der Waals surface area contributed by atoms with Gasteiger partial charge in [-0.3, -0.25) is 4.79 Å². The number of pyridine rings is 1. The van der Waals surface area contributed by atoms with Crippen molar-refractivity contribution in [2.45, 2.75) is 6.10 Å². The fourth-order valence-corrected chi connectivity index (χ4v) is 4.71. The first-order valence-corrected chi connectivity index (χ1v) is 10.4. The van der Waals surface area contributed by atoms with Crippen LogP contribution in [0.25, 0.3) is 10.2 Å². The lowest BCUT2D eigenvalue weighted by atomic mass is 10.1. The minimum atomic E-state index is -0.768. The van der Waals surface area contributed by atoms with Crippen LogP contribution in [0.4, 0.5) is 19.9 Å². The zero-order valence-corrected chi connectivity index (χ0v) is 17.5. The van der Waals surface area contributed by atoms with Gasteiger partial charge in [0.2, 0.25) is 0 Å². The molecule has 146 valence electrons. The smallest absolute Gasteiger partial charge is 0.420 e. The van der Waals surface area contributed by atoms with Crippen molar-refractivity contribution in [3.63, 3.8) is 0 Å². The molecule has 0 aliphatic carbocycles. The Balaban J connectivity index is 1.55. The molecule has 1 atom stereocenters. The Morgan fingerprint density at radius 3 is 3.03 bits per heavy atom. The second-order valence-electron chi connectivity index (χ2n) is 6.36. The van der Waals surface area contributed by atoms with Crippen molar-refractivity contribution in [1.82, 2.24) is 9.88 Å². The number of carbonyl (C=O) groups is 2. The van der Waals surface area contributed by atoms with E-state index in [9.17, 15) is 14.0 Å². The lowest BCUT2D eigenvalue weighted by Crippen LogP contribution is -2.29. The summed E-state index contributed by atoms with van der Waals surface area (Å²) in [5.41, 5.74) is 0.638. The number of rotatable bonds is 3. The van der Waals surface area contributed by atoms with E-state index in [0.717, 1.165) is 3.57 Å². The van der Waals surface area contributed by atoms with Gasteiger partial charge in [-0.25, -0.2) is 14.2 Å². The number of hydrogen-bond donors (Lipinski definition) is 1. The summed E-state index contributed by atoms with van der Waals surface area (Å²) in [4.78, 5) is 30.9. The molecule has 5 rings (SSSR count). The van der Waals surface area contributed by atoms with E-state index in [2.05, 4.69) is 10.3 Å². The van der Waals surface area contributed by atoms with E-state index in [-0.39, 0.29) is 18.1 Å². The van der Waals surface area contributed by atoms with Gasteiger partial charge in [0.1, 0.15) is 15.6 Å². The number of thiophene rings is 1. The molecule has 1 amide bonds. The number of anilines is 2. The fourth-order valence-electron chi connectivity index (χ4n) is 3.21. The fraction of sp³-hybridized carbons (Fsp3) is 0.105. The zero-order chi connectivity index (χ0) is 20.1. The number of fused-ring (bicyclic) bond motifs is 2. The van der Waals surface area contributed by atoms with Crippen LogP contribution in [0.1, 0.15) is 10.4 Å². The van der Waals surface area contributed by atoms with Gasteiger partial charge in [0.05, 0.1) is 24.0 Å². The molecule has 4 heterocycles. The molecule has 1 N–H and O–H groups in total. The Hall–Kier alpha value is -2.73. The highest BCUT2D eigenvalue weighted by molar-refractivity contribution is 14.1. The number of aromatic nitrogens is 1. The number of benzene rings is 1. The molecular formula is C19H11FIN3O4S. The normalized spacial score (nSPS) is 17.7. The van der Waals surface area contributed by atoms with Crippen molar-refractivity contribution in [3.8, 4) is 0 Å². The lowest BCUT2D eigenvalue weighted by Gasteiger charge is -2.16. The predicted molar refractivity (Wildman–Crippen MR) is 112 cm³/mol. The highest BCUT2D eigenvalue weighted by Crippen LogP contribution is 2.39. The first kappa shape index (κ1) is 18.3. The second kappa shape index (κ2) is 6.95. The molecule has 0 spiro atoms. The van der Waals surface area contributed by atoms with Gasteiger partial charge < -0.3 is 19.7 Å². The van der Waals surface area contributed by atoms with Crippen molar-refractivity contribution in [3.05, 3.63) is 63.4 Å². The lowest BCUT2D eigenvalue weighted by molar-refractivity contribution is 0.0757. The van der Waals surface area contributed by atoms with E-state index in [1.54, 1.807) is 30.5 Å². The summed E-state index contributed by atoms with van der Waals surface area (Å²) in [5, 5.41) is 4.17. The molecule has 7 nitrogen and oxygen atoms in total. The Morgan fingerprint density at radius 2 is 2.24 bits per heavy atom. The third-order valence-electron chi connectivity index (χ3n) is 4.52. The number of hydrogen-bond acceptors (Lipinski definition) is 7. The van der Waals surface area contributed by atoms with Gasteiger partial charge in [-0.2, -0.15) is 0 Å². The molecule has 2 aromatic heterocycles. The highest BCUT2D eigenvalue weighted by atomic mass is 127. The summed E-state index contributed by atoms with van der Waals surface area (Å²) in [6, 6.07) is 8.34. The SMILES string of the molecule is O=C1OC2=CN(C(=O)c3c(Nc4ccc(I)cc4F)sc4ncccc34)C[C@H]2O1. The molecule has 1 aromatic carbocycles. The topological polar surface area (TPSA) is 80.8 Å². The van der Waals surface area contributed by atoms with Crippen LogP contribution in [0.5, 0.6) is 0 Å². The highest BCUT2D eigenvalue weighted by Gasteiger charge is 2.40. The molecule has 29 heavy (non-hydrogen) atoms. The van der Waals surface area contributed by atoms with Crippen molar-refractivity contribution < 1.29 is 23.5 Å². The quantitative estimate of drug-likeness (QED) is 0.399. The van der Waals surface area contributed by atoms with Gasteiger partial charge in [-0.1, -0.05) is 11.3 Å². The number of carbonyl (C=O) groups excluding carboxylic acids is 2. The molecule has 10 heteroatoms. The van der Waals surface area contributed by atoms with E-state index in [1.807, 2.05) is 22.6 Å². The van der Waals surface area contributed by atoms with Crippen LogP contribution >= 0.6 is 33.9 Å². The summed E-state index contributed by atoms with van der Waals surface area (Å²) >= 11 is 3.30. The average molecular weight is 523 g/mol. The van der Waals surface area contributed by atoms with E-state index in [4.69, 9.17) is 9.47 Å². The summed E-state index contributed by atoms with van der Waals surface area (Å²) in [6.45, 7) is 0.162. The predicted octanol–water partition coefficient (Wildman–Crippen LogP) is 4.62. The van der Waals surface area contributed by atoms with Gasteiger partial charge in [0, 0.05) is 15.2 Å². The maximum absolute atomic E-state index is 14.4. The third-order valence-corrected chi connectivity index (χ3v) is 6.22. The Kier molecular flexibility index (Phi) is 4.39. The van der Waals surface area contributed by atoms with Gasteiger partial charge >= 0.3 is 6.16 Å². The molecule has 1 fully saturated rings. The molecule has 1 saturated heterocycles. The van der Waals surface area contributed by atoms with Gasteiger partial charge in [-0.15, -0.1) is 0 Å². The van der Waals surface area contributed by atoms with Crippen LogP contribution in [0, 0.1) is 9.39 Å². The Bertz CT molecular complexity index is 1210. The monoisotopic (exact) mass is 523 g/mol. The second-order valence-corrected chi connectivity index (χ2v) is 8.60. The summed E-state index contributed by atoms with van der Waals surface area (Å²) in [6.07, 6.45) is 1.74. The van der Waals surface area contributed by atoms with Gasteiger partial charge in [0.25, 0.3) is 5.91 Å². The molecule has 0 unspecified atom stereocenters. The molecule has 2 aliphatic heterocycles. The minimum Gasteiger partial charge on any atom is -0.420 e. The van der Waals surface area contributed by atoms with Crippen LogP contribution < -0.4 is 5.32 Å². The number of nitrogens with zero attached hydrogens (tertiary/aromatic N) is 2. The van der Waals surface area contributed by atoms with E-state index >= 15 is 0 Å². The number of nitrogens with one attached hydrogen (secondary N) is 1. The molecule has 3 aromatic rings. The number of halogens is 2. The Labute approximate surface area is 181 Å². The third kappa shape index (κ3) is 3.21. The van der Waals surface area contributed by atoms with E-state index in [1.165, 1.54) is 28.5 Å². The van der Waals surface area contributed by atoms with Crippen molar-refractivity contribution >= 4 is 66.9 Å². The zero-order valence-electron chi connectivity index (χ0n) is 14.5. The molecule has 0 saturated carbocycles. The number of amides is 1. The maximum Gasteiger partial charge on any atom is 0.514 e. The number of ether oxygens (including phenoxy) is 2. The summed E-state index contributed by atoms with van der Waals surface area (Å²) in [7, 11) is 0. The van der Waals surface area contributed by atoms with Crippen molar-refractivity contribution in [2.24, 2.45) is 0 Å². The Morgan fingerprint density at radius 1 is 1.38 bits per heavy atom. The standard InChI is InChI=1S/C19H11FIN3O4S/c20-11-6-9(21)3-4-12(11)23-17-15(10-2-1-5-22-16(10)29-17)18(25)24-7-13-14(8-24)28-19(26)27-13/h1-7,14,23H,8H2/t14-/m1/s1. The first-order valence-electron chi connectivity index (χ1n) is 8.50. The van der Waals surface area contributed by atoms with E-state index in [0.29, 0.717) is 26.5 Å². The molecule has 2 aliphatic rings. The average Bonchev–Trinajstić information content (AvgIpc) is 3.33. The molecule has 0 radical (unpaired) electrons. The van der Waals surface area contributed by atoms with Crippen LogP contribution in [-0.4, -0.2) is 34.6 Å². The minimum absolute atomic E-state index is 0.162. The van der Waals surface area contributed by atoms with Crippen molar-refractivity contribution in [2.75, 3.05) is 11.9 Å². The van der Waals surface area contributed by atoms with Crippen molar-refractivity contribution in [1.29, 1.82) is 0 Å². The van der Waals surface area contributed by atoms with Crippen LogP contribution in [0.15, 0.2) is 48.5 Å². The largest absolute Gasteiger partial charge is 0.514 e. The molecular weight excluding hydrogens is 512 g/mol. The first-order chi connectivity index (χ1) is 14.0. The summed E-state index contributed by atoms with van der Waals surface area (Å²) in [5.74, 6) is -0.433.